The highest BCUT2D eigenvalue weighted by Crippen LogP contribution is 2.31. The van der Waals surface area contributed by atoms with Crippen molar-refractivity contribution in [3.05, 3.63) is 30.1 Å². The first kappa shape index (κ1) is 13.0. The Balaban J connectivity index is 2.01. The molecule has 1 unspecified atom stereocenters. The molecule has 1 saturated heterocycles. The molecule has 1 aromatic heterocycles. The molecule has 0 saturated carbocycles. The van der Waals surface area contributed by atoms with Crippen molar-refractivity contribution in [2.24, 2.45) is 11.7 Å². The first-order valence-electron chi connectivity index (χ1n) is 6.58. The number of piperidine rings is 1. The minimum atomic E-state index is 0.180. The van der Waals surface area contributed by atoms with Crippen LogP contribution in [0.4, 0.5) is 0 Å². The summed E-state index contributed by atoms with van der Waals surface area (Å²) in [5.74, 6) is 1.11. The molecule has 4 nitrogen and oxygen atoms in total. The van der Waals surface area contributed by atoms with Crippen LogP contribution in [0.1, 0.15) is 31.2 Å². The summed E-state index contributed by atoms with van der Waals surface area (Å²) in [6.07, 6.45) is 5.77. The maximum atomic E-state index is 11.3. The van der Waals surface area contributed by atoms with Gasteiger partial charge in [0.1, 0.15) is 0 Å². The van der Waals surface area contributed by atoms with E-state index in [1.165, 1.54) is 5.56 Å². The first-order valence-corrected chi connectivity index (χ1v) is 6.58. The molecule has 1 amide bonds. The topological polar surface area (TPSA) is 59.2 Å². The highest BCUT2D eigenvalue weighted by atomic mass is 16.2. The summed E-state index contributed by atoms with van der Waals surface area (Å²) in [5, 5.41) is 0. The Bertz CT molecular complexity index is 385. The summed E-state index contributed by atoms with van der Waals surface area (Å²) in [5.41, 5.74) is 7.15. The van der Waals surface area contributed by atoms with E-state index in [-0.39, 0.29) is 5.91 Å². The van der Waals surface area contributed by atoms with Crippen LogP contribution in [-0.2, 0) is 4.79 Å². The zero-order valence-corrected chi connectivity index (χ0v) is 10.9. The van der Waals surface area contributed by atoms with Crippen molar-refractivity contribution in [3.8, 4) is 0 Å². The van der Waals surface area contributed by atoms with Crippen LogP contribution in [0.3, 0.4) is 0 Å². The van der Waals surface area contributed by atoms with Crippen molar-refractivity contribution < 1.29 is 4.79 Å². The van der Waals surface area contributed by atoms with Crippen molar-refractivity contribution in [2.45, 2.75) is 25.7 Å². The van der Waals surface area contributed by atoms with Gasteiger partial charge in [-0.2, -0.15) is 0 Å². The lowest BCUT2D eigenvalue weighted by atomic mass is 9.80. The molecule has 2 rings (SSSR count). The second kappa shape index (κ2) is 5.96. The SMILES string of the molecule is CC(=O)N1CCC(C(CN)c2cccnc2)CC1. The summed E-state index contributed by atoms with van der Waals surface area (Å²) < 4.78 is 0. The smallest absolute Gasteiger partial charge is 0.219 e. The van der Waals surface area contributed by atoms with Gasteiger partial charge in [0.2, 0.25) is 5.91 Å². The predicted octanol–water partition coefficient (Wildman–Crippen LogP) is 1.38. The molecule has 1 aliphatic rings. The van der Waals surface area contributed by atoms with Gasteiger partial charge in [0, 0.05) is 38.3 Å². The fraction of sp³-hybridized carbons (Fsp3) is 0.571. The average Bonchev–Trinajstić information content (AvgIpc) is 2.41. The van der Waals surface area contributed by atoms with Crippen LogP contribution < -0.4 is 5.73 Å². The standard InChI is InChI=1S/C14H21N3O/c1-11(18)17-7-4-12(5-8-17)14(9-15)13-3-2-6-16-10-13/h2-3,6,10,12,14H,4-5,7-9,15H2,1H3. The van der Waals surface area contributed by atoms with Gasteiger partial charge in [0.15, 0.2) is 0 Å². The van der Waals surface area contributed by atoms with Crippen LogP contribution in [-0.4, -0.2) is 35.4 Å². The fourth-order valence-corrected chi connectivity index (χ4v) is 2.81. The maximum absolute atomic E-state index is 11.3. The van der Waals surface area contributed by atoms with Gasteiger partial charge >= 0.3 is 0 Å². The molecule has 1 fully saturated rings. The quantitative estimate of drug-likeness (QED) is 0.878. The normalized spacial score (nSPS) is 18.7. The van der Waals surface area contributed by atoms with Crippen LogP contribution in [0, 0.1) is 5.92 Å². The van der Waals surface area contributed by atoms with E-state index in [4.69, 9.17) is 5.73 Å². The molecule has 98 valence electrons. The van der Waals surface area contributed by atoms with Crippen molar-refractivity contribution >= 4 is 5.91 Å². The third kappa shape index (κ3) is 2.88. The molecular formula is C14H21N3O. The Labute approximate surface area is 108 Å². The molecule has 2 N–H and O–H groups in total. The minimum Gasteiger partial charge on any atom is -0.343 e. The van der Waals surface area contributed by atoms with E-state index in [9.17, 15) is 4.79 Å². The monoisotopic (exact) mass is 247 g/mol. The largest absolute Gasteiger partial charge is 0.343 e. The van der Waals surface area contributed by atoms with Crippen LogP contribution in [0.5, 0.6) is 0 Å². The molecule has 1 atom stereocenters. The van der Waals surface area contributed by atoms with Crippen molar-refractivity contribution in [2.75, 3.05) is 19.6 Å². The molecule has 0 spiro atoms. The number of nitrogens with two attached hydrogens (primary N) is 1. The molecule has 0 radical (unpaired) electrons. The summed E-state index contributed by atoms with van der Waals surface area (Å²) in [6.45, 7) is 4.01. The lowest BCUT2D eigenvalue weighted by Gasteiger charge is -2.35. The van der Waals surface area contributed by atoms with Gasteiger partial charge in [0.25, 0.3) is 0 Å². The molecular weight excluding hydrogens is 226 g/mol. The lowest BCUT2D eigenvalue weighted by molar-refractivity contribution is -0.130. The molecule has 2 heterocycles. The Morgan fingerprint density at radius 2 is 2.28 bits per heavy atom. The van der Waals surface area contributed by atoms with Gasteiger partial charge in [-0.15, -0.1) is 0 Å². The summed E-state index contributed by atoms with van der Waals surface area (Å²) in [4.78, 5) is 17.4. The number of pyridine rings is 1. The predicted molar refractivity (Wildman–Crippen MR) is 71.0 cm³/mol. The van der Waals surface area contributed by atoms with Crippen LogP contribution in [0.15, 0.2) is 24.5 Å². The van der Waals surface area contributed by atoms with Gasteiger partial charge in [-0.05, 0) is 36.9 Å². The number of likely N-dealkylation sites (tertiary alicyclic amines) is 1. The van der Waals surface area contributed by atoms with Gasteiger partial charge in [-0.25, -0.2) is 0 Å². The van der Waals surface area contributed by atoms with Gasteiger partial charge in [-0.1, -0.05) is 6.07 Å². The van der Waals surface area contributed by atoms with E-state index in [1.807, 2.05) is 17.2 Å². The maximum Gasteiger partial charge on any atom is 0.219 e. The number of aromatic nitrogens is 1. The summed E-state index contributed by atoms with van der Waals surface area (Å²) in [6, 6.07) is 4.06. The second-order valence-electron chi connectivity index (χ2n) is 4.97. The van der Waals surface area contributed by atoms with Gasteiger partial charge in [0.05, 0.1) is 0 Å². The molecule has 1 aliphatic heterocycles. The van der Waals surface area contributed by atoms with Crippen molar-refractivity contribution in [3.63, 3.8) is 0 Å². The van der Waals surface area contributed by atoms with E-state index in [0.29, 0.717) is 18.4 Å². The van der Waals surface area contributed by atoms with E-state index in [1.54, 1.807) is 13.1 Å². The Hall–Kier alpha value is -1.42. The van der Waals surface area contributed by atoms with Crippen LogP contribution in [0.25, 0.3) is 0 Å². The van der Waals surface area contributed by atoms with E-state index in [0.717, 1.165) is 25.9 Å². The molecule has 0 aromatic carbocycles. The number of carbonyl (C=O) groups excluding carboxylic acids is 1. The Morgan fingerprint density at radius 1 is 1.56 bits per heavy atom. The van der Waals surface area contributed by atoms with Gasteiger partial charge in [-0.3, -0.25) is 9.78 Å². The van der Waals surface area contributed by atoms with Gasteiger partial charge < -0.3 is 10.6 Å². The van der Waals surface area contributed by atoms with E-state index in [2.05, 4.69) is 11.1 Å². The molecule has 18 heavy (non-hydrogen) atoms. The molecule has 0 aliphatic carbocycles. The summed E-state index contributed by atoms with van der Waals surface area (Å²) >= 11 is 0. The highest BCUT2D eigenvalue weighted by molar-refractivity contribution is 5.73. The van der Waals surface area contributed by atoms with E-state index >= 15 is 0 Å². The third-order valence-electron chi connectivity index (χ3n) is 3.92. The zero-order valence-electron chi connectivity index (χ0n) is 10.9. The number of hydrogen-bond acceptors (Lipinski definition) is 3. The highest BCUT2D eigenvalue weighted by Gasteiger charge is 2.27. The number of rotatable bonds is 3. The number of nitrogens with zero attached hydrogens (tertiary/aromatic N) is 2. The summed E-state index contributed by atoms with van der Waals surface area (Å²) in [7, 11) is 0. The fourth-order valence-electron chi connectivity index (χ4n) is 2.81. The number of amides is 1. The molecule has 1 aromatic rings. The number of carbonyl (C=O) groups is 1. The zero-order chi connectivity index (χ0) is 13.0. The molecule has 4 heteroatoms. The number of hydrogen-bond donors (Lipinski definition) is 1. The third-order valence-corrected chi connectivity index (χ3v) is 3.92. The first-order chi connectivity index (χ1) is 8.72. The Morgan fingerprint density at radius 3 is 2.78 bits per heavy atom. The minimum absolute atomic E-state index is 0.180. The van der Waals surface area contributed by atoms with Crippen molar-refractivity contribution in [1.82, 2.24) is 9.88 Å². The van der Waals surface area contributed by atoms with E-state index < -0.39 is 0 Å². The van der Waals surface area contributed by atoms with Crippen LogP contribution >= 0.6 is 0 Å². The lowest BCUT2D eigenvalue weighted by Crippen LogP contribution is -2.39. The van der Waals surface area contributed by atoms with Crippen molar-refractivity contribution in [1.29, 1.82) is 0 Å². The average molecular weight is 247 g/mol. The van der Waals surface area contributed by atoms with Crippen LogP contribution in [0.2, 0.25) is 0 Å². The molecule has 0 bridgehead atoms. The Kier molecular flexibility index (Phi) is 4.31. The second-order valence-corrected chi connectivity index (χ2v) is 4.97.